The summed E-state index contributed by atoms with van der Waals surface area (Å²) in [5.41, 5.74) is 8.45. The van der Waals surface area contributed by atoms with E-state index in [4.69, 9.17) is 5.73 Å². The standard InChI is InChI=1S/C16H26N4/c1-3-20-10-6-9-15(20)12-19-16(17)18-11-14-8-5-4-7-13(14)2/h4-5,7-8,15H,3,6,9-12H2,1-2H3,(H3,17,18,19). The van der Waals surface area contributed by atoms with Crippen LogP contribution in [0.1, 0.15) is 30.9 Å². The van der Waals surface area contributed by atoms with Crippen LogP contribution in [0, 0.1) is 6.92 Å². The summed E-state index contributed by atoms with van der Waals surface area (Å²) >= 11 is 0. The maximum absolute atomic E-state index is 5.96. The molecule has 1 aromatic carbocycles. The molecule has 1 aliphatic heterocycles. The summed E-state index contributed by atoms with van der Waals surface area (Å²) in [5.74, 6) is 0.552. The van der Waals surface area contributed by atoms with E-state index >= 15 is 0 Å². The molecule has 1 atom stereocenters. The Morgan fingerprint density at radius 2 is 2.25 bits per heavy atom. The van der Waals surface area contributed by atoms with Crippen LogP contribution in [0.15, 0.2) is 29.3 Å². The van der Waals surface area contributed by atoms with Crippen molar-refractivity contribution < 1.29 is 0 Å². The van der Waals surface area contributed by atoms with Gasteiger partial charge in [-0.05, 0) is 44.0 Å². The predicted molar refractivity (Wildman–Crippen MR) is 84.8 cm³/mol. The summed E-state index contributed by atoms with van der Waals surface area (Å²) < 4.78 is 0. The lowest BCUT2D eigenvalue weighted by Gasteiger charge is -2.23. The maximum atomic E-state index is 5.96. The number of aliphatic imine (C=N–C) groups is 1. The fourth-order valence-electron chi connectivity index (χ4n) is 2.78. The number of likely N-dealkylation sites (N-methyl/N-ethyl adjacent to an activating group) is 1. The van der Waals surface area contributed by atoms with Gasteiger partial charge in [-0.2, -0.15) is 0 Å². The Morgan fingerprint density at radius 1 is 1.45 bits per heavy atom. The highest BCUT2D eigenvalue weighted by atomic mass is 15.2. The van der Waals surface area contributed by atoms with Gasteiger partial charge in [0.2, 0.25) is 0 Å². The molecule has 4 heteroatoms. The van der Waals surface area contributed by atoms with Crippen LogP contribution in [0.3, 0.4) is 0 Å². The number of nitrogens with zero attached hydrogens (tertiary/aromatic N) is 2. The smallest absolute Gasteiger partial charge is 0.188 e. The first kappa shape index (κ1) is 14.9. The average Bonchev–Trinajstić information content (AvgIpc) is 2.91. The molecule has 1 heterocycles. The van der Waals surface area contributed by atoms with Gasteiger partial charge in [0.25, 0.3) is 0 Å². The van der Waals surface area contributed by atoms with E-state index in [-0.39, 0.29) is 0 Å². The number of nitrogens with two attached hydrogens (primary N) is 1. The summed E-state index contributed by atoms with van der Waals surface area (Å²) in [7, 11) is 0. The molecule has 1 aliphatic rings. The fourth-order valence-corrected chi connectivity index (χ4v) is 2.78. The van der Waals surface area contributed by atoms with Crippen molar-refractivity contribution in [1.29, 1.82) is 0 Å². The molecular weight excluding hydrogens is 248 g/mol. The molecule has 20 heavy (non-hydrogen) atoms. The number of nitrogens with one attached hydrogen (secondary N) is 1. The lowest BCUT2D eigenvalue weighted by atomic mass is 10.1. The molecule has 0 bridgehead atoms. The van der Waals surface area contributed by atoms with Crippen LogP contribution in [-0.4, -0.2) is 36.5 Å². The van der Waals surface area contributed by atoms with E-state index in [9.17, 15) is 0 Å². The second-order valence-corrected chi connectivity index (χ2v) is 5.43. The van der Waals surface area contributed by atoms with Gasteiger partial charge in [0.15, 0.2) is 5.96 Å². The van der Waals surface area contributed by atoms with Crippen LogP contribution in [0.2, 0.25) is 0 Å². The third-order valence-electron chi connectivity index (χ3n) is 4.11. The number of benzene rings is 1. The molecule has 110 valence electrons. The first-order chi connectivity index (χ1) is 9.70. The van der Waals surface area contributed by atoms with E-state index in [1.165, 1.54) is 30.5 Å². The van der Waals surface area contributed by atoms with Gasteiger partial charge in [0.05, 0.1) is 6.54 Å². The molecule has 0 aliphatic carbocycles. The van der Waals surface area contributed by atoms with Crippen LogP contribution in [0.25, 0.3) is 0 Å². The summed E-state index contributed by atoms with van der Waals surface area (Å²) in [6, 6.07) is 8.89. The Balaban J connectivity index is 1.81. The van der Waals surface area contributed by atoms with Gasteiger partial charge in [-0.25, -0.2) is 4.99 Å². The zero-order chi connectivity index (χ0) is 14.4. The second-order valence-electron chi connectivity index (χ2n) is 5.43. The Kier molecular flexibility index (Phi) is 5.41. The van der Waals surface area contributed by atoms with Gasteiger partial charge in [0, 0.05) is 12.6 Å². The summed E-state index contributed by atoms with van der Waals surface area (Å²) in [6.07, 6.45) is 2.55. The van der Waals surface area contributed by atoms with Crippen molar-refractivity contribution in [2.45, 2.75) is 39.3 Å². The third kappa shape index (κ3) is 3.97. The minimum atomic E-state index is 0.552. The molecule has 0 amide bonds. The first-order valence-corrected chi connectivity index (χ1v) is 7.53. The highest BCUT2D eigenvalue weighted by Crippen LogP contribution is 2.15. The lowest BCUT2D eigenvalue weighted by molar-refractivity contribution is 0.267. The van der Waals surface area contributed by atoms with Gasteiger partial charge in [-0.3, -0.25) is 4.90 Å². The molecule has 2 rings (SSSR count). The molecular formula is C16H26N4. The Bertz CT molecular complexity index is 456. The molecule has 1 unspecified atom stereocenters. The van der Waals surface area contributed by atoms with Gasteiger partial charge in [-0.1, -0.05) is 31.2 Å². The number of aryl methyl sites for hydroxylation is 1. The fraction of sp³-hybridized carbons (Fsp3) is 0.562. The van der Waals surface area contributed by atoms with Crippen molar-refractivity contribution in [3.63, 3.8) is 0 Å². The van der Waals surface area contributed by atoms with Gasteiger partial charge in [-0.15, -0.1) is 0 Å². The Labute approximate surface area is 122 Å². The number of hydrogen-bond acceptors (Lipinski definition) is 2. The van der Waals surface area contributed by atoms with Crippen molar-refractivity contribution in [1.82, 2.24) is 10.2 Å². The third-order valence-corrected chi connectivity index (χ3v) is 4.11. The SMILES string of the molecule is CCN1CCCC1CNC(N)=NCc1ccccc1C. The molecule has 1 fully saturated rings. The molecule has 1 saturated heterocycles. The van der Waals surface area contributed by atoms with E-state index in [0.29, 0.717) is 18.5 Å². The quantitative estimate of drug-likeness (QED) is 0.637. The number of likely N-dealkylation sites (tertiary alicyclic amines) is 1. The summed E-state index contributed by atoms with van der Waals surface area (Å²) in [4.78, 5) is 6.93. The van der Waals surface area contributed by atoms with E-state index < -0.39 is 0 Å². The largest absolute Gasteiger partial charge is 0.370 e. The van der Waals surface area contributed by atoms with E-state index in [2.05, 4.69) is 41.2 Å². The normalized spacial score (nSPS) is 20.3. The molecule has 0 aromatic heterocycles. The zero-order valence-electron chi connectivity index (χ0n) is 12.6. The van der Waals surface area contributed by atoms with Crippen LogP contribution in [-0.2, 0) is 6.54 Å². The Morgan fingerprint density at radius 3 is 3.00 bits per heavy atom. The first-order valence-electron chi connectivity index (χ1n) is 7.53. The van der Waals surface area contributed by atoms with E-state index in [0.717, 1.165) is 13.1 Å². The van der Waals surface area contributed by atoms with Crippen molar-refractivity contribution in [3.05, 3.63) is 35.4 Å². The van der Waals surface area contributed by atoms with Crippen molar-refractivity contribution >= 4 is 5.96 Å². The van der Waals surface area contributed by atoms with Gasteiger partial charge in [0.1, 0.15) is 0 Å². The monoisotopic (exact) mass is 274 g/mol. The van der Waals surface area contributed by atoms with Crippen LogP contribution in [0.4, 0.5) is 0 Å². The molecule has 0 radical (unpaired) electrons. The van der Waals surface area contributed by atoms with Gasteiger partial charge < -0.3 is 11.1 Å². The highest BCUT2D eigenvalue weighted by molar-refractivity contribution is 5.77. The van der Waals surface area contributed by atoms with Crippen LogP contribution >= 0.6 is 0 Å². The highest BCUT2D eigenvalue weighted by Gasteiger charge is 2.22. The molecule has 1 aromatic rings. The summed E-state index contributed by atoms with van der Waals surface area (Å²) in [5, 5.41) is 3.26. The summed E-state index contributed by atoms with van der Waals surface area (Å²) in [6.45, 7) is 8.19. The zero-order valence-corrected chi connectivity index (χ0v) is 12.6. The predicted octanol–water partition coefficient (Wildman–Crippen LogP) is 1.88. The topological polar surface area (TPSA) is 53.6 Å². The minimum Gasteiger partial charge on any atom is -0.370 e. The molecule has 3 N–H and O–H groups in total. The molecule has 0 saturated carbocycles. The van der Waals surface area contributed by atoms with Crippen LogP contribution in [0.5, 0.6) is 0 Å². The number of rotatable bonds is 5. The van der Waals surface area contributed by atoms with E-state index in [1.54, 1.807) is 0 Å². The van der Waals surface area contributed by atoms with Crippen molar-refractivity contribution in [2.75, 3.05) is 19.6 Å². The second kappa shape index (κ2) is 7.29. The average molecular weight is 274 g/mol. The van der Waals surface area contributed by atoms with E-state index in [1.807, 2.05) is 12.1 Å². The number of hydrogen-bond donors (Lipinski definition) is 2. The van der Waals surface area contributed by atoms with Crippen molar-refractivity contribution in [2.24, 2.45) is 10.7 Å². The molecule has 0 spiro atoms. The van der Waals surface area contributed by atoms with Crippen LogP contribution < -0.4 is 11.1 Å². The van der Waals surface area contributed by atoms with Crippen molar-refractivity contribution in [3.8, 4) is 0 Å². The molecule has 4 nitrogen and oxygen atoms in total. The maximum Gasteiger partial charge on any atom is 0.188 e. The number of guanidine groups is 1. The minimum absolute atomic E-state index is 0.552. The Hall–Kier alpha value is -1.55. The lowest BCUT2D eigenvalue weighted by Crippen LogP contribution is -2.42. The van der Waals surface area contributed by atoms with Gasteiger partial charge >= 0.3 is 0 Å².